The second-order valence-corrected chi connectivity index (χ2v) is 3.37. The van der Waals surface area contributed by atoms with Gasteiger partial charge in [-0.1, -0.05) is 0 Å². The van der Waals surface area contributed by atoms with Crippen LogP contribution in [0, 0.1) is 0 Å². The lowest BCUT2D eigenvalue weighted by molar-refractivity contribution is -0.275. The molecule has 0 saturated heterocycles. The number of carbonyl (C=O) groups excluding carboxylic acids is 1. The van der Waals surface area contributed by atoms with E-state index < -0.39 is 41.3 Å². The summed E-state index contributed by atoms with van der Waals surface area (Å²) in [6.45, 7) is 1.32. The number of H-pyrrole nitrogens is 1. The Morgan fingerprint density at radius 1 is 1.40 bits per heavy atom. The van der Waals surface area contributed by atoms with E-state index in [-0.39, 0.29) is 6.61 Å². The Morgan fingerprint density at radius 2 is 2.00 bits per heavy atom. The molecule has 0 radical (unpaired) electrons. The van der Waals surface area contributed by atoms with Crippen LogP contribution in [-0.4, -0.2) is 23.9 Å². The molecule has 20 heavy (non-hydrogen) atoms. The van der Waals surface area contributed by atoms with Crippen molar-refractivity contribution < 1.29 is 36.2 Å². The zero-order chi connectivity index (χ0) is 15.5. The predicted molar refractivity (Wildman–Crippen MR) is 54.7 cm³/mol. The zero-order valence-corrected chi connectivity index (χ0v) is 9.88. The molecular formula is C10H8F5NO4. The van der Waals surface area contributed by atoms with Crippen LogP contribution in [0.1, 0.15) is 29.4 Å². The third-order valence-corrected chi connectivity index (χ3v) is 1.96. The Kier molecular flexibility index (Phi) is 4.69. The molecule has 10 heteroatoms. The summed E-state index contributed by atoms with van der Waals surface area (Å²) in [4.78, 5) is 24.3. The average Bonchev–Trinajstić information content (AvgIpc) is 2.29. The smallest absolute Gasteiger partial charge is 0.461 e. The van der Waals surface area contributed by atoms with Gasteiger partial charge in [0, 0.05) is 0 Å². The summed E-state index contributed by atoms with van der Waals surface area (Å²) >= 11 is 0. The van der Waals surface area contributed by atoms with Crippen LogP contribution < -0.4 is 10.3 Å². The fourth-order valence-corrected chi connectivity index (χ4v) is 1.27. The molecule has 5 nitrogen and oxygen atoms in total. The Morgan fingerprint density at radius 3 is 2.45 bits per heavy atom. The standard InChI is InChI=1S/C10H8F5NO4/c1-2-19-9(18)5-3-4(7(11)12)6(8(17)16-5)20-10(13,14)15/h3,7H,2H2,1H3,(H,16,17). The van der Waals surface area contributed by atoms with Crippen molar-refractivity contribution in [2.75, 3.05) is 6.61 Å². The van der Waals surface area contributed by atoms with Crippen LogP contribution in [0.15, 0.2) is 10.9 Å². The molecule has 1 rings (SSSR count). The minimum Gasteiger partial charge on any atom is -0.461 e. The van der Waals surface area contributed by atoms with Crippen molar-refractivity contribution in [2.24, 2.45) is 0 Å². The number of ether oxygens (including phenoxy) is 2. The van der Waals surface area contributed by atoms with Gasteiger partial charge in [-0.15, -0.1) is 13.2 Å². The topological polar surface area (TPSA) is 68.4 Å². The summed E-state index contributed by atoms with van der Waals surface area (Å²) in [6.07, 6.45) is -8.76. The van der Waals surface area contributed by atoms with Gasteiger partial charge in [-0.3, -0.25) is 4.79 Å². The molecule has 0 aliphatic rings. The maximum atomic E-state index is 12.7. The maximum absolute atomic E-state index is 12.7. The first-order valence-corrected chi connectivity index (χ1v) is 5.14. The summed E-state index contributed by atoms with van der Waals surface area (Å²) in [5.74, 6) is -2.76. The molecule has 0 aromatic carbocycles. The molecule has 0 aliphatic heterocycles. The zero-order valence-electron chi connectivity index (χ0n) is 9.88. The third kappa shape index (κ3) is 3.93. The fraction of sp³-hybridized carbons (Fsp3) is 0.400. The Bertz CT molecular complexity index is 552. The third-order valence-electron chi connectivity index (χ3n) is 1.96. The lowest BCUT2D eigenvalue weighted by atomic mass is 10.2. The number of hydrogen-bond donors (Lipinski definition) is 1. The van der Waals surface area contributed by atoms with E-state index in [1.165, 1.54) is 6.92 Å². The molecule has 112 valence electrons. The van der Waals surface area contributed by atoms with Gasteiger partial charge in [0.2, 0.25) is 5.75 Å². The van der Waals surface area contributed by atoms with E-state index in [0.717, 1.165) is 0 Å². The number of rotatable bonds is 4. The van der Waals surface area contributed by atoms with Gasteiger partial charge >= 0.3 is 12.3 Å². The number of nitrogens with one attached hydrogen (secondary N) is 1. The Labute approximate surface area is 108 Å². The van der Waals surface area contributed by atoms with Crippen LogP contribution >= 0.6 is 0 Å². The number of pyridine rings is 1. The average molecular weight is 301 g/mol. The number of aromatic amines is 1. The Balaban J connectivity index is 3.33. The first kappa shape index (κ1) is 15.9. The van der Waals surface area contributed by atoms with Crippen LogP contribution in [0.4, 0.5) is 22.0 Å². The van der Waals surface area contributed by atoms with Crippen LogP contribution in [-0.2, 0) is 4.74 Å². The fourth-order valence-electron chi connectivity index (χ4n) is 1.27. The predicted octanol–water partition coefficient (Wildman–Crippen LogP) is 2.39. The molecule has 1 heterocycles. The second-order valence-electron chi connectivity index (χ2n) is 3.37. The van der Waals surface area contributed by atoms with Crippen molar-refractivity contribution in [1.82, 2.24) is 4.98 Å². The summed E-state index contributed by atoms with van der Waals surface area (Å²) < 4.78 is 69.1. The number of aromatic nitrogens is 1. The summed E-state index contributed by atoms with van der Waals surface area (Å²) in [6, 6.07) is 0.380. The van der Waals surface area contributed by atoms with Gasteiger partial charge in [0.15, 0.2) is 0 Å². The normalized spacial score (nSPS) is 11.6. The molecule has 0 fully saturated rings. The van der Waals surface area contributed by atoms with E-state index in [1.54, 1.807) is 4.98 Å². The van der Waals surface area contributed by atoms with E-state index in [4.69, 9.17) is 0 Å². The number of halogens is 5. The van der Waals surface area contributed by atoms with Crippen molar-refractivity contribution in [3.8, 4) is 5.75 Å². The minimum atomic E-state index is -5.32. The van der Waals surface area contributed by atoms with Gasteiger partial charge in [-0.25, -0.2) is 13.6 Å². The number of esters is 1. The van der Waals surface area contributed by atoms with Gasteiger partial charge in [0.25, 0.3) is 12.0 Å². The highest BCUT2D eigenvalue weighted by atomic mass is 19.4. The molecule has 0 unspecified atom stereocenters. The second kappa shape index (κ2) is 5.88. The number of hydrogen-bond acceptors (Lipinski definition) is 4. The largest absolute Gasteiger partial charge is 0.573 e. The van der Waals surface area contributed by atoms with Crippen molar-refractivity contribution in [3.05, 3.63) is 27.7 Å². The van der Waals surface area contributed by atoms with Crippen LogP contribution in [0.25, 0.3) is 0 Å². The molecular weight excluding hydrogens is 293 g/mol. The van der Waals surface area contributed by atoms with E-state index in [1.807, 2.05) is 0 Å². The first-order valence-electron chi connectivity index (χ1n) is 5.14. The molecule has 1 N–H and O–H groups in total. The van der Waals surface area contributed by atoms with Crippen LogP contribution in [0.2, 0.25) is 0 Å². The van der Waals surface area contributed by atoms with E-state index >= 15 is 0 Å². The van der Waals surface area contributed by atoms with Crippen molar-refractivity contribution in [1.29, 1.82) is 0 Å². The molecule has 0 bridgehead atoms. The summed E-state index contributed by atoms with van der Waals surface area (Å²) in [7, 11) is 0. The highest BCUT2D eigenvalue weighted by Crippen LogP contribution is 2.30. The number of alkyl halides is 5. The van der Waals surface area contributed by atoms with E-state index in [2.05, 4.69) is 9.47 Å². The molecule has 0 saturated carbocycles. The van der Waals surface area contributed by atoms with Gasteiger partial charge in [-0.05, 0) is 13.0 Å². The van der Waals surface area contributed by atoms with E-state index in [0.29, 0.717) is 6.07 Å². The van der Waals surface area contributed by atoms with Crippen molar-refractivity contribution >= 4 is 5.97 Å². The minimum absolute atomic E-state index is 0.105. The maximum Gasteiger partial charge on any atom is 0.573 e. The SMILES string of the molecule is CCOC(=O)c1cc(C(F)F)c(OC(F)(F)F)c(=O)[nH]1. The van der Waals surface area contributed by atoms with Gasteiger partial charge in [0.05, 0.1) is 12.2 Å². The molecule has 0 atom stereocenters. The highest BCUT2D eigenvalue weighted by Gasteiger charge is 2.35. The first-order chi connectivity index (χ1) is 9.15. The lowest BCUT2D eigenvalue weighted by Gasteiger charge is -2.12. The van der Waals surface area contributed by atoms with Crippen molar-refractivity contribution in [2.45, 2.75) is 19.7 Å². The monoisotopic (exact) mass is 301 g/mol. The van der Waals surface area contributed by atoms with E-state index in [9.17, 15) is 31.5 Å². The van der Waals surface area contributed by atoms with Gasteiger partial charge in [-0.2, -0.15) is 0 Å². The molecule has 0 amide bonds. The van der Waals surface area contributed by atoms with Crippen molar-refractivity contribution in [3.63, 3.8) is 0 Å². The highest BCUT2D eigenvalue weighted by molar-refractivity contribution is 5.87. The number of carbonyl (C=O) groups is 1. The quantitative estimate of drug-likeness (QED) is 0.685. The molecule has 0 aliphatic carbocycles. The summed E-state index contributed by atoms with van der Waals surface area (Å²) in [5.41, 5.74) is -3.65. The molecule has 1 aromatic rings. The lowest BCUT2D eigenvalue weighted by Crippen LogP contribution is -2.26. The Hall–Kier alpha value is -2.13. The summed E-state index contributed by atoms with van der Waals surface area (Å²) in [5, 5.41) is 0. The van der Waals surface area contributed by atoms with Crippen LogP contribution in [0.3, 0.4) is 0 Å². The molecule has 0 spiro atoms. The molecule has 1 aromatic heterocycles. The van der Waals surface area contributed by atoms with Gasteiger partial charge < -0.3 is 14.5 Å². The van der Waals surface area contributed by atoms with Gasteiger partial charge in [0.1, 0.15) is 5.69 Å². The van der Waals surface area contributed by atoms with Crippen LogP contribution in [0.5, 0.6) is 5.75 Å².